The van der Waals surface area contributed by atoms with Crippen LogP contribution in [0.4, 0.5) is 0 Å². The van der Waals surface area contributed by atoms with Gasteiger partial charge in [-0.15, -0.1) is 0 Å². The number of halogens is 1. The van der Waals surface area contributed by atoms with Gasteiger partial charge in [-0.25, -0.2) is 4.98 Å². The number of aryl methyl sites for hydroxylation is 1. The van der Waals surface area contributed by atoms with Gasteiger partial charge in [0.2, 0.25) is 0 Å². The summed E-state index contributed by atoms with van der Waals surface area (Å²) in [7, 11) is -3.90. The van der Waals surface area contributed by atoms with Crippen molar-refractivity contribution < 1.29 is 8.42 Å². The number of para-hydroxylation sites is 1. The Morgan fingerprint density at radius 3 is 2.38 bits per heavy atom. The smallest absolute Gasteiger partial charge is 0.236 e. The third-order valence-corrected chi connectivity index (χ3v) is 7.61. The van der Waals surface area contributed by atoms with Gasteiger partial charge in [-0.3, -0.25) is 0 Å². The molecule has 160 valence electrons. The second-order valence-corrected chi connectivity index (χ2v) is 9.94. The number of pyridine rings is 1. The summed E-state index contributed by atoms with van der Waals surface area (Å²) in [5.41, 5.74) is 3.95. The fourth-order valence-corrected chi connectivity index (χ4v) is 5.60. The summed E-state index contributed by atoms with van der Waals surface area (Å²) in [6, 6.07) is 25.3. The van der Waals surface area contributed by atoms with Crippen molar-refractivity contribution in [2.45, 2.75) is 24.3 Å². The molecule has 5 rings (SSSR count). The highest BCUT2D eigenvalue weighted by Gasteiger charge is 2.39. The number of nitrogens with zero attached hydrogens (tertiary/aromatic N) is 3. The first kappa shape index (κ1) is 20.7. The van der Waals surface area contributed by atoms with E-state index in [9.17, 15) is 8.42 Å². The topological polar surface area (TPSA) is 62.6 Å². The average molecular weight is 462 g/mol. The minimum Gasteiger partial charge on any atom is -0.236 e. The number of fused-ring (bicyclic) bond motifs is 1. The highest BCUT2D eigenvalue weighted by molar-refractivity contribution is 7.89. The van der Waals surface area contributed by atoms with Crippen LogP contribution >= 0.6 is 11.6 Å². The first-order chi connectivity index (χ1) is 15.4. The van der Waals surface area contributed by atoms with Crippen molar-refractivity contribution >= 4 is 38.2 Å². The summed E-state index contributed by atoms with van der Waals surface area (Å²) in [6.07, 6.45) is 0.398. The molecule has 0 saturated carbocycles. The largest absolute Gasteiger partial charge is 0.279 e. The number of hydrogen-bond donors (Lipinski definition) is 0. The number of aromatic nitrogens is 1. The lowest BCUT2D eigenvalue weighted by Crippen LogP contribution is -2.27. The van der Waals surface area contributed by atoms with Crippen LogP contribution in [-0.2, 0) is 10.0 Å². The first-order valence-electron chi connectivity index (χ1n) is 10.2. The van der Waals surface area contributed by atoms with Gasteiger partial charge in [0, 0.05) is 17.4 Å². The summed E-state index contributed by atoms with van der Waals surface area (Å²) >= 11 is 6.58. The van der Waals surface area contributed by atoms with Crippen LogP contribution in [0.15, 0.2) is 94.9 Å². The molecule has 1 aliphatic rings. The lowest BCUT2D eigenvalue weighted by Gasteiger charge is -2.24. The molecule has 0 saturated heterocycles. The second-order valence-electron chi connectivity index (χ2n) is 7.78. The molecule has 4 aromatic rings. The van der Waals surface area contributed by atoms with Gasteiger partial charge in [0.25, 0.3) is 10.0 Å². The fraction of sp³-hybridized carbons (Fsp3) is 0.120. The van der Waals surface area contributed by atoms with Gasteiger partial charge in [0.15, 0.2) is 0 Å². The van der Waals surface area contributed by atoms with Gasteiger partial charge in [0.1, 0.15) is 5.15 Å². The molecule has 0 aliphatic carbocycles. The molecule has 0 radical (unpaired) electrons. The number of sulfonamides is 1. The molecule has 0 N–H and O–H groups in total. The molecule has 0 amide bonds. The highest BCUT2D eigenvalue weighted by Crippen LogP contribution is 2.40. The SMILES string of the molecule is Cc1ccc(S(=O)(=O)N2N=C(c3ccccc3)CC2c2cc3ccccc3nc2Cl)cc1. The maximum atomic E-state index is 13.6. The van der Waals surface area contributed by atoms with E-state index in [1.54, 1.807) is 24.3 Å². The van der Waals surface area contributed by atoms with Crippen LogP contribution in [0.1, 0.15) is 29.2 Å². The number of rotatable bonds is 4. The summed E-state index contributed by atoms with van der Waals surface area (Å²) in [5.74, 6) is 0. The summed E-state index contributed by atoms with van der Waals surface area (Å²) in [6.45, 7) is 1.92. The van der Waals surface area contributed by atoms with Crippen molar-refractivity contribution in [1.29, 1.82) is 0 Å². The van der Waals surface area contributed by atoms with E-state index in [0.29, 0.717) is 17.7 Å². The standard InChI is InChI=1S/C25H20ClN3O2S/c1-17-11-13-20(14-12-17)32(30,31)29-24(16-23(28-29)18-7-3-2-4-8-18)21-15-19-9-5-6-10-22(19)27-25(21)26/h2-15,24H,16H2,1H3. The van der Waals surface area contributed by atoms with Gasteiger partial charge < -0.3 is 0 Å². The molecule has 1 aromatic heterocycles. The molecule has 0 bridgehead atoms. The molecule has 5 nitrogen and oxygen atoms in total. The molecule has 1 unspecified atom stereocenters. The first-order valence-corrected chi connectivity index (χ1v) is 12.0. The van der Waals surface area contributed by atoms with Crippen LogP contribution in [-0.4, -0.2) is 23.5 Å². The van der Waals surface area contributed by atoms with Gasteiger partial charge in [-0.1, -0.05) is 77.8 Å². The zero-order valence-corrected chi connectivity index (χ0v) is 18.9. The summed E-state index contributed by atoms with van der Waals surface area (Å²) in [4.78, 5) is 4.70. The van der Waals surface area contributed by atoms with E-state index >= 15 is 0 Å². The van der Waals surface area contributed by atoms with Crippen molar-refractivity contribution in [2.75, 3.05) is 0 Å². The molecular formula is C25H20ClN3O2S. The summed E-state index contributed by atoms with van der Waals surface area (Å²) in [5, 5.41) is 5.76. The van der Waals surface area contributed by atoms with Crippen molar-refractivity contribution in [3.05, 3.63) is 107 Å². The van der Waals surface area contributed by atoms with Crippen molar-refractivity contribution in [3.8, 4) is 0 Å². The van der Waals surface area contributed by atoms with Gasteiger partial charge in [-0.2, -0.15) is 17.9 Å². The Balaban J connectivity index is 1.66. The van der Waals surface area contributed by atoms with E-state index in [2.05, 4.69) is 10.1 Å². The van der Waals surface area contributed by atoms with Gasteiger partial charge >= 0.3 is 0 Å². The molecule has 32 heavy (non-hydrogen) atoms. The third kappa shape index (κ3) is 3.66. The minimum absolute atomic E-state index is 0.191. The predicted octanol–water partition coefficient (Wildman–Crippen LogP) is 5.74. The predicted molar refractivity (Wildman–Crippen MR) is 127 cm³/mol. The Labute approximate surface area is 192 Å². The molecule has 7 heteroatoms. The number of hydrazone groups is 1. The zero-order valence-electron chi connectivity index (χ0n) is 17.3. The maximum absolute atomic E-state index is 13.6. The molecule has 1 atom stereocenters. The van der Waals surface area contributed by atoms with Crippen LogP contribution in [0, 0.1) is 6.92 Å². The van der Waals surface area contributed by atoms with E-state index in [4.69, 9.17) is 11.6 Å². The van der Waals surface area contributed by atoms with Gasteiger partial charge in [0.05, 0.1) is 22.2 Å². The van der Waals surface area contributed by atoms with Crippen LogP contribution in [0.5, 0.6) is 0 Å². The van der Waals surface area contributed by atoms with E-state index in [1.807, 2.05) is 67.6 Å². The Kier molecular flexibility index (Phi) is 5.19. The Hall–Kier alpha value is -3.22. The van der Waals surface area contributed by atoms with Crippen LogP contribution < -0.4 is 0 Å². The minimum atomic E-state index is -3.90. The van der Waals surface area contributed by atoms with E-state index in [-0.39, 0.29) is 10.0 Å². The Bertz CT molecular complexity index is 1440. The van der Waals surface area contributed by atoms with Crippen LogP contribution in [0.25, 0.3) is 10.9 Å². The molecule has 1 aliphatic heterocycles. The third-order valence-electron chi connectivity index (χ3n) is 5.61. The lowest BCUT2D eigenvalue weighted by molar-refractivity contribution is 0.371. The quantitative estimate of drug-likeness (QED) is 0.364. The highest BCUT2D eigenvalue weighted by atomic mass is 35.5. The average Bonchev–Trinajstić information content (AvgIpc) is 3.26. The molecule has 0 spiro atoms. The normalized spacial score (nSPS) is 16.4. The molecule has 3 aromatic carbocycles. The van der Waals surface area contributed by atoms with E-state index in [0.717, 1.165) is 22.0 Å². The summed E-state index contributed by atoms with van der Waals surface area (Å²) < 4.78 is 28.5. The number of benzene rings is 3. The van der Waals surface area contributed by atoms with Crippen LogP contribution in [0.2, 0.25) is 5.15 Å². The maximum Gasteiger partial charge on any atom is 0.279 e. The van der Waals surface area contributed by atoms with Gasteiger partial charge in [-0.05, 0) is 36.8 Å². The Morgan fingerprint density at radius 1 is 0.938 bits per heavy atom. The number of hydrogen-bond acceptors (Lipinski definition) is 4. The zero-order chi connectivity index (χ0) is 22.3. The van der Waals surface area contributed by atoms with E-state index < -0.39 is 16.1 Å². The molecular weight excluding hydrogens is 442 g/mol. The molecule has 2 heterocycles. The van der Waals surface area contributed by atoms with E-state index in [1.165, 1.54) is 4.41 Å². The van der Waals surface area contributed by atoms with Crippen LogP contribution in [0.3, 0.4) is 0 Å². The monoisotopic (exact) mass is 461 g/mol. The van der Waals surface area contributed by atoms with Crippen molar-refractivity contribution in [1.82, 2.24) is 9.40 Å². The van der Waals surface area contributed by atoms with Crippen molar-refractivity contribution in [3.63, 3.8) is 0 Å². The molecule has 0 fully saturated rings. The second kappa shape index (κ2) is 8.04. The lowest BCUT2D eigenvalue weighted by atomic mass is 9.99. The fourth-order valence-electron chi connectivity index (χ4n) is 3.91. The van der Waals surface area contributed by atoms with Crippen molar-refractivity contribution in [2.24, 2.45) is 5.10 Å². The Morgan fingerprint density at radius 2 is 1.62 bits per heavy atom.